The molecule has 0 atom stereocenters. The van der Waals surface area contributed by atoms with Crippen LogP contribution in [0.25, 0.3) is 9.88 Å². The van der Waals surface area contributed by atoms with Crippen molar-refractivity contribution >= 4 is 45.9 Å². The molecule has 24 heavy (non-hydrogen) atoms. The van der Waals surface area contributed by atoms with Crippen LogP contribution in [0, 0.1) is 0 Å². The molecule has 8 heteroatoms. The van der Waals surface area contributed by atoms with E-state index in [0.717, 1.165) is 9.88 Å². The number of thiazole rings is 1. The molecule has 0 radical (unpaired) electrons. The number of anilines is 1. The van der Waals surface area contributed by atoms with Crippen LogP contribution in [-0.4, -0.2) is 25.1 Å². The molecule has 0 saturated heterocycles. The number of nitrogens with one attached hydrogen (secondary N) is 1. The molecule has 1 amide bonds. The lowest BCUT2D eigenvalue weighted by Gasteiger charge is -2.09. The predicted molar refractivity (Wildman–Crippen MR) is 97.9 cm³/mol. The average Bonchev–Trinajstić information content (AvgIpc) is 3.23. The van der Waals surface area contributed by atoms with E-state index < -0.39 is 0 Å². The van der Waals surface area contributed by atoms with Crippen LogP contribution in [-0.2, 0) is 0 Å². The zero-order valence-corrected chi connectivity index (χ0v) is 15.2. The molecule has 1 N–H and O–H groups in total. The van der Waals surface area contributed by atoms with Gasteiger partial charge in [0, 0.05) is 29.3 Å². The molecule has 0 saturated carbocycles. The van der Waals surface area contributed by atoms with Crippen molar-refractivity contribution in [2.24, 2.45) is 0 Å². The van der Waals surface area contributed by atoms with E-state index >= 15 is 0 Å². The Labute approximate surface area is 151 Å². The van der Waals surface area contributed by atoms with Gasteiger partial charge in [-0.2, -0.15) is 0 Å². The first-order valence-electron chi connectivity index (χ1n) is 6.84. The van der Waals surface area contributed by atoms with Gasteiger partial charge in [-0.3, -0.25) is 4.79 Å². The summed E-state index contributed by atoms with van der Waals surface area (Å²) in [7, 11) is 3.11. The Balaban J connectivity index is 1.79. The number of carbonyl (C=O) groups excluding carboxylic acids is 1. The molecule has 1 aromatic carbocycles. The van der Waals surface area contributed by atoms with E-state index in [9.17, 15) is 4.79 Å². The van der Waals surface area contributed by atoms with E-state index in [-0.39, 0.29) is 5.91 Å². The summed E-state index contributed by atoms with van der Waals surface area (Å²) >= 11 is 8.77. The van der Waals surface area contributed by atoms with Gasteiger partial charge in [-0.1, -0.05) is 11.6 Å². The summed E-state index contributed by atoms with van der Waals surface area (Å²) < 4.78 is 11.1. The standard InChI is InChI=1S/C16H13ClN2O3S2/c1-21-10-5-9(6-11(7-10)22-2)18-15(20)12-8-23-16(19-12)13-3-4-14(17)24-13/h3-8H,1-2H3,(H,18,20). The number of amides is 1. The molecule has 0 fully saturated rings. The molecular formula is C16H13ClN2O3S2. The zero-order valence-electron chi connectivity index (χ0n) is 12.8. The number of hydrogen-bond acceptors (Lipinski definition) is 6. The van der Waals surface area contributed by atoms with E-state index in [1.165, 1.54) is 22.7 Å². The Morgan fingerprint density at radius 3 is 2.46 bits per heavy atom. The first-order chi connectivity index (χ1) is 11.6. The maximum absolute atomic E-state index is 12.4. The minimum absolute atomic E-state index is 0.296. The topological polar surface area (TPSA) is 60.5 Å². The number of carbonyl (C=O) groups is 1. The summed E-state index contributed by atoms with van der Waals surface area (Å²) in [6.07, 6.45) is 0. The normalized spacial score (nSPS) is 10.5. The highest BCUT2D eigenvalue weighted by molar-refractivity contribution is 7.23. The minimum Gasteiger partial charge on any atom is -0.497 e. The van der Waals surface area contributed by atoms with Crippen molar-refractivity contribution in [3.05, 3.63) is 45.7 Å². The SMILES string of the molecule is COc1cc(NC(=O)c2csc(-c3ccc(Cl)s3)n2)cc(OC)c1. The molecule has 0 spiro atoms. The molecule has 0 bridgehead atoms. The van der Waals surface area contributed by atoms with Gasteiger partial charge in [0.2, 0.25) is 0 Å². The first kappa shape index (κ1) is 16.8. The Bertz CT molecular complexity index is 854. The zero-order chi connectivity index (χ0) is 17.1. The van der Waals surface area contributed by atoms with Crippen LogP contribution in [0.2, 0.25) is 4.34 Å². The van der Waals surface area contributed by atoms with Crippen molar-refractivity contribution in [2.75, 3.05) is 19.5 Å². The van der Waals surface area contributed by atoms with Gasteiger partial charge in [0.05, 0.1) is 23.4 Å². The van der Waals surface area contributed by atoms with Crippen LogP contribution in [0.3, 0.4) is 0 Å². The Morgan fingerprint density at radius 1 is 1.17 bits per heavy atom. The molecule has 2 heterocycles. The van der Waals surface area contributed by atoms with Crippen LogP contribution in [0.1, 0.15) is 10.5 Å². The summed E-state index contributed by atoms with van der Waals surface area (Å²) in [4.78, 5) is 17.7. The van der Waals surface area contributed by atoms with Gasteiger partial charge in [0.1, 0.15) is 22.2 Å². The van der Waals surface area contributed by atoms with E-state index in [2.05, 4.69) is 10.3 Å². The third kappa shape index (κ3) is 3.69. The Morgan fingerprint density at radius 2 is 1.88 bits per heavy atom. The summed E-state index contributed by atoms with van der Waals surface area (Å²) in [6.45, 7) is 0. The smallest absolute Gasteiger partial charge is 0.275 e. The lowest BCUT2D eigenvalue weighted by molar-refractivity contribution is 0.102. The van der Waals surface area contributed by atoms with Gasteiger partial charge < -0.3 is 14.8 Å². The number of thiophene rings is 1. The lowest BCUT2D eigenvalue weighted by atomic mass is 10.2. The molecule has 3 aromatic rings. The molecule has 2 aromatic heterocycles. The van der Waals surface area contributed by atoms with Crippen LogP contribution >= 0.6 is 34.3 Å². The van der Waals surface area contributed by atoms with E-state index in [1.807, 2.05) is 12.1 Å². The average molecular weight is 381 g/mol. The third-order valence-electron chi connectivity index (χ3n) is 3.13. The van der Waals surface area contributed by atoms with Crippen molar-refractivity contribution in [1.82, 2.24) is 4.98 Å². The van der Waals surface area contributed by atoms with Crippen LogP contribution in [0.5, 0.6) is 11.5 Å². The number of rotatable bonds is 5. The number of methoxy groups -OCH3 is 2. The highest BCUT2D eigenvalue weighted by atomic mass is 35.5. The molecule has 0 unspecified atom stereocenters. The van der Waals surface area contributed by atoms with Gasteiger partial charge in [-0.25, -0.2) is 4.98 Å². The van der Waals surface area contributed by atoms with E-state index in [1.54, 1.807) is 37.8 Å². The van der Waals surface area contributed by atoms with Gasteiger partial charge in [-0.05, 0) is 12.1 Å². The maximum atomic E-state index is 12.4. The summed E-state index contributed by atoms with van der Waals surface area (Å²) in [5.74, 6) is 0.893. The predicted octanol–water partition coefficient (Wildman–Crippen LogP) is 4.79. The largest absolute Gasteiger partial charge is 0.497 e. The number of ether oxygens (including phenoxy) is 2. The Kier molecular flexibility index (Phi) is 5.03. The summed E-state index contributed by atoms with van der Waals surface area (Å²) in [6, 6.07) is 8.86. The fraction of sp³-hybridized carbons (Fsp3) is 0.125. The quantitative estimate of drug-likeness (QED) is 0.691. The molecule has 124 valence electrons. The van der Waals surface area contributed by atoms with Gasteiger partial charge in [0.25, 0.3) is 5.91 Å². The number of halogens is 1. The van der Waals surface area contributed by atoms with Gasteiger partial charge >= 0.3 is 0 Å². The van der Waals surface area contributed by atoms with Crippen LogP contribution < -0.4 is 14.8 Å². The van der Waals surface area contributed by atoms with E-state index in [0.29, 0.717) is 27.2 Å². The van der Waals surface area contributed by atoms with Crippen molar-refractivity contribution in [2.45, 2.75) is 0 Å². The first-order valence-corrected chi connectivity index (χ1v) is 8.92. The molecular weight excluding hydrogens is 368 g/mol. The monoisotopic (exact) mass is 380 g/mol. The van der Waals surface area contributed by atoms with Crippen molar-refractivity contribution in [3.8, 4) is 21.4 Å². The fourth-order valence-electron chi connectivity index (χ4n) is 2.00. The molecule has 3 rings (SSSR count). The summed E-state index contributed by atoms with van der Waals surface area (Å²) in [5.41, 5.74) is 0.922. The van der Waals surface area contributed by atoms with Crippen molar-refractivity contribution < 1.29 is 14.3 Å². The number of hydrogen-bond donors (Lipinski definition) is 1. The second-order valence-electron chi connectivity index (χ2n) is 4.70. The number of nitrogens with zero attached hydrogens (tertiary/aromatic N) is 1. The summed E-state index contributed by atoms with van der Waals surface area (Å²) in [5, 5.41) is 5.28. The highest BCUT2D eigenvalue weighted by Crippen LogP contribution is 2.33. The van der Waals surface area contributed by atoms with Crippen LogP contribution in [0.4, 0.5) is 5.69 Å². The van der Waals surface area contributed by atoms with E-state index in [4.69, 9.17) is 21.1 Å². The maximum Gasteiger partial charge on any atom is 0.275 e. The minimum atomic E-state index is -0.296. The number of benzene rings is 1. The second kappa shape index (κ2) is 7.21. The Hall–Kier alpha value is -2.09. The molecule has 5 nitrogen and oxygen atoms in total. The number of aromatic nitrogens is 1. The fourth-order valence-corrected chi connectivity index (χ4v) is 3.91. The third-order valence-corrected chi connectivity index (χ3v) is 5.37. The van der Waals surface area contributed by atoms with Gasteiger partial charge in [0.15, 0.2) is 0 Å². The second-order valence-corrected chi connectivity index (χ2v) is 7.27. The molecule has 0 aliphatic carbocycles. The van der Waals surface area contributed by atoms with Crippen molar-refractivity contribution in [3.63, 3.8) is 0 Å². The van der Waals surface area contributed by atoms with Crippen LogP contribution in [0.15, 0.2) is 35.7 Å². The van der Waals surface area contributed by atoms with Gasteiger partial charge in [-0.15, -0.1) is 22.7 Å². The highest BCUT2D eigenvalue weighted by Gasteiger charge is 2.14. The van der Waals surface area contributed by atoms with Crippen molar-refractivity contribution in [1.29, 1.82) is 0 Å². The molecule has 0 aliphatic rings. The molecule has 0 aliphatic heterocycles. The lowest BCUT2D eigenvalue weighted by Crippen LogP contribution is -2.12.